The normalized spacial score (nSPS) is 20.7. The number of aliphatic hydroxyl groups is 1. The fourth-order valence-electron chi connectivity index (χ4n) is 4.48. The quantitative estimate of drug-likeness (QED) is 0.518. The summed E-state index contributed by atoms with van der Waals surface area (Å²) in [7, 11) is -1.99. The topological polar surface area (TPSA) is 83.0 Å². The van der Waals surface area contributed by atoms with Crippen molar-refractivity contribution in [3.63, 3.8) is 0 Å². The fourth-order valence-corrected chi connectivity index (χ4v) is 6.31. The van der Waals surface area contributed by atoms with Gasteiger partial charge in [-0.15, -0.1) is 0 Å². The molecule has 0 unspecified atom stereocenters. The Morgan fingerprint density at radius 3 is 2.69 bits per heavy atom. The average Bonchev–Trinajstić information content (AvgIpc) is 2.86. The van der Waals surface area contributed by atoms with Gasteiger partial charge in [-0.3, -0.25) is 9.88 Å². The van der Waals surface area contributed by atoms with Crippen LogP contribution >= 0.6 is 0 Å². The Morgan fingerprint density at radius 2 is 2.00 bits per heavy atom. The highest BCUT2D eigenvalue weighted by Gasteiger charge is 2.38. The number of aliphatic hydroxyl groups excluding tert-OH is 1. The first-order valence-electron chi connectivity index (χ1n) is 12.0. The van der Waals surface area contributed by atoms with E-state index in [1.54, 1.807) is 43.5 Å². The van der Waals surface area contributed by atoms with Crippen LogP contribution in [0.15, 0.2) is 71.9 Å². The first-order chi connectivity index (χ1) is 17.2. The molecule has 7 nitrogen and oxygen atoms in total. The van der Waals surface area contributed by atoms with Crippen molar-refractivity contribution in [3.05, 3.63) is 78.4 Å². The Labute approximate surface area is 212 Å². The zero-order valence-corrected chi connectivity index (χ0v) is 21.5. The van der Waals surface area contributed by atoms with Crippen LogP contribution in [0.3, 0.4) is 0 Å². The summed E-state index contributed by atoms with van der Waals surface area (Å²) < 4.78 is 49.6. The third-order valence-corrected chi connectivity index (χ3v) is 8.54. The Balaban J connectivity index is 1.74. The van der Waals surface area contributed by atoms with Gasteiger partial charge in [-0.1, -0.05) is 37.3 Å². The lowest BCUT2D eigenvalue weighted by Crippen LogP contribution is -2.49. The summed E-state index contributed by atoms with van der Waals surface area (Å²) in [4.78, 5) is 6.29. The molecule has 1 aromatic heterocycles. The zero-order chi connectivity index (χ0) is 25.9. The standard InChI is InChI=1S/C27H32FN3O4S/c1-19-15-31(20(2)18-32)36(33,34)27-11-10-22(23-8-4-5-9-24(23)28)13-25(27)35-26(19)17-30(3)16-21-7-6-12-29-14-21/h4-14,19-20,26,32H,15-18H2,1-3H3/t19-,20+,26-/m0/s1. The number of likely N-dealkylation sites (N-methyl/N-ethyl adjacent to an activating group) is 1. The Bertz CT molecular complexity index is 1290. The molecule has 0 spiro atoms. The zero-order valence-electron chi connectivity index (χ0n) is 20.7. The van der Waals surface area contributed by atoms with Crippen LogP contribution in [0.1, 0.15) is 19.4 Å². The maximum Gasteiger partial charge on any atom is 0.247 e. The minimum atomic E-state index is -3.96. The maximum absolute atomic E-state index is 14.5. The minimum Gasteiger partial charge on any atom is -0.487 e. The van der Waals surface area contributed by atoms with E-state index in [0.717, 1.165) is 5.56 Å². The molecule has 2 aromatic carbocycles. The monoisotopic (exact) mass is 513 g/mol. The molecule has 36 heavy (non-hydrogen) atoms. The van der Waals surface area contributed by atoms with E-state index >= 15 is 0 Å². The van der Waals surface area contributed by atoms with Gasteiger partial charge in [-0.2, -0.15) is 4.31 Å². The van der Waals surface area contributed by atoms with Crippen LogP contribution in [0.4, 0.5) is 4.39 Å². The highest BCUT2D eigenvalue weighted by Crippen LogP contribution is 2.37. The molecular weight excluding hydrogens is 481 g/mol. The second-order valence-electron chi connectivity index (χ2n) is 9.44. The van der Waals surface area contributed by atoms with Crippen molar-refractivity contribution < 1.29 is 22.7 Å². The number of aromatic nitrogens is 1. The van der Waals surface area contributed by atoms with Crippen molar-refractivity contribution in [1.29, 1.82) is 0 Å². The van der Waals surface area contributed by atoms with Crippen LogP contribution < -0.4 is 4.74 Å². The molecule has 2 heterocycles. The van der Waals surface area contributed by atoms with E-state index < -0.39 is 21.9 Å². The lowest BCUT2D eigenvalue weighted by atomic mass is 10.0. The SMILES string of the molecule is C[C@H](CO)N1C[C@H](C)[C@H](CN(C)Cc2cccnc2)Oc2cc(-c3ccccc3F)ccc2S1(=O)=O. The number of hydrogen-bond donors (Lipinski definition) is 1. The van der Waals surface area contributed by atoms with Gasteiger partial charge >= 0.3 is 0 Å². The minimum absolute atomic E-state index is 0.00898. The number of pyridine rings is 1. The van der Waals surface area contributed by atoms with Gasteiger partial charge in [-0.25, -0.2) is 12.8 Å². The molecule has 0 saturated carbocycles. The van der Waals surface area contributed by atoms with Gasteiger partial charge in [0.2, 0.25) is 10.0 Å². The summed E-state index contributed by atoms with van der Waals surface area (Å²) in [6.45, 7) is 4.70. The third kappa shape index (κ3) is 5.59. The number of hydrogen-bond acceptors (Lipinski definition) is 6. The van der Waals surface area contributed by atoms with Gasteiger partial charge in [0.15, 0.2) is 0 Å². The van der Waals surface area contributed by atoms with Gasteiger partial charge in [0.1, 0.15) is 22.6 Å². The molecule has 1 aliphatic rings. The predicted octanol–water partition coefficient (Wildman–Crippen LogP) is 3.79. The van der Waals surface area contributed by atoms with Crippen molar-refractivity contribution in [3.8, 4) is 16.9 Å². The van der Waals surface area contributed by atoms with Crippen molar-refractivity contribution >= 4 is 10.0 Å². The molecule has 3 aromatic rings. The second-order valence-corrected chi connectivity index (χ2v) is 11.3. The molecule has 0 fully saturated rings. The van der Waals surface area contributed by atoms with E-state index in [1.807, 2.05) is 32.3 Å². The van der Waals surface area contributed by atoms with Gasteiger partial charge in [-0.05, 0) is 49.4 Å². The van der Waals surface area contributed by atoms with Gasteiger partial charge < -0.3 is 9.84 Å². The van der Waals surface area contributed by atoms with E-state index in [1.165, 1.54) is 16.4 Å². The molecular formula is C27H32FN3O4S. The Morgan fingerprint density at radius 1 is 1.22 bits per heavy atom. The lowest BCUT2D eigenvalue weighted by Gasteiger charge is -2.37. The number of benzene rings is 2. The Hall–Kier alpha value is -2.85. The molecule has 192 valence electrons. The molecule has 1 aliphatic heterocycles. The molecule has 1 N–H and O–H groups in total. The fraction of sp³-hybridized carbons (Fsp3) is 0.370. The summed E-state index contributed by atoms with van der Waals surface area (Å²) in [5.41, 5.74) is 1.94. The number of nitrogens with zero attached hydrogens (tertiary/aromatic N) is 3. The van der Waals surface area contributed by atoms with E-state index in [9.17, 15) is 17.9 Å². The van der Waals surface area contributed by atoms with E-state index in [2.05, 4.69) is 9.88 Å². The van der Waals surface area contributed by atoms with Crippen molar-refractivity contribution in [1.82, 2.24) is 14.2 Å². The summed E-state index contributed by atoms with van der Waals surface area (Å²) in [6.07, 6.45) is 3.18. The molecule has 0 amide bonds. The lowest BCUT2D eigenvalue weighted by molar-refractivity contribution is 0.0734. The maximum atomic E-state index is 14.5. The van der Waals surface area contributed by atoms with Crippen LogP contribution in [0, 0.1) is 11.7 Å². The van der Waals surface area contributed by atoms with Crippen LogP contribution in [0.5, 0.6) is 5.75 Å². The summed E-state index contributed by atoms with van der Waals surface area (Å²) in [5.74, 6) is -0.407. The summed E-state index contributed by atoms with van der Waals surface area (Å²) in [5, 5.41) is 9.82. The summed E-state index contributed by atoms with van der Waals surface area (Å²) in [6, 6.07) is 14.3. The number of sulfonamides is 1. The molecule has 0 radical (unpaired) electrons. The smallest absolute Gasteiger partial charge is 0.247 e. The molecule has 0 saturated heterocycles. The first kappa shape index (κ1) is 26.2. The average molecular weight is 514 g/mol. The highest BCUT2D eigenvalue weighted by molar-refractivity contribution is 7.89. The van der Waals surface area contributed by atoms with E-state index in [-0.39, 0.29) is 35.8 Å². The second kappa shape index (κ2) is 11.0. The number of rotatable bonds is 7. The van der Waals surface area contributed by atoms with Crippen molar-refractivity contribution in [2.24, 2.45) is 5.92 Å². The molecule has 3 atom stereocenters. The largest absolute Gasteiger partial charge is 0.487 e. The third-order valence-electron chi connectivity index (χ3n) is 6.52. The molecule has 0 aliphatic carbocycles. The Kier molecular flexibility index (Phi) is 8.04. The number of halogens is 1. The number of ether oxygens (including phenoxy) is 1. The van der Waals surface area contributed by atoms with Gasteiger partial charge in [0, 0.05) is 49.6 Å². The van der Waals surface area contributed by atoms with Crippen LogP contribution in [0.2, 0.25) is 0 Å². The van der Waals surface area contributed by atoms with Crippen LogP contribution in [-0.4, -0.2) is 66.6 Å². The van der Waals surface area contributed by atoms with Crippen LogP contribution in [0.25, 0.3) is 11.1 Å². The van der Waals surface area contributed by atoms with Gasteiger partial charge in [0.05, 0.1) is 6.61 Å². The van der Waals surface area contributed by atoms with E-state index in [0.29, 0.717) is 24.2 Å². The predicted molar refractivity (Wildman–Crippen MR) is 136 cm³/mol. The molecule has 4 rings (SSSR count). The van der Waals surface area contributed by atoms with Gasteiger partial charge in [0.25, 0.3) is 0 Å². The molecule has 9 heteroatoms. The number of fused-ring (bicyclic) bond motifs is 1. The van der Waals surface area contributed by atoms with Crippen LogP contribution in [-0.2, 0) is 16.6 Å². The van der Waals surface area contributed by atoms with E-state index in [4.69, 9.17) is 4.74 Å². The summed E-state index contributed by atoms with van der Waals surface area (Å²) >= 11 is 0. The molecule has 0 bridgehead atoms. The highest BCUT2D eigenvalue weighted by atomic mass is 32.2. The first-order valence-corrected chi connectivity index (χ1v) is 13.4. The van der Waals surface area contributed by atoms with Crippen molar-refractivity contribution in [2.75, 3.05) is 26.7 Å². The van der Waals surface area contributed by atoms with Crippen molar-refractivity contribution in [2.45, 2.75) is 37.4 Å².